The molecule has 1 aromatic heterocycles. The number of amides is 2. The molecule has 0 unspecified atom stereocenters. The van der Waals surface area contributed by atoms with Crippen LogP contribution in [0.1, 0.15) is 47.0 Å². The molecule has 0 saturated carbocycles. The quantitative estimate of drug-likeness (QED) is 0.742. The summed E-state index contributed by atoms with van der Waals surface area (Å²) in [7, 11) is 0. The maximum absolute atomic E-state index is 11.6. The van der Waals surface area contributed by atoms with Gasteiger partial charge in [0.05, 0.1) is 12.8 Å². The number of imide groups is 1. The second-order valence-electron chi connectivity index (χ2n) is 4.89. The van der Waals surface area contributed by atoms with Gasteiger partial charge >= 0.3 is 0 Å². The van der Waals surface area contributed by atoms with Gasteiger partial charge in [0.1, 0.15) is 0 Å². The lowest BCUT2D eigenvalue weighted by Gasteiger charge is -2.17. The second-order valence-corrected chi connectivity index (χ2v) is 4.89. The van der Waals surface area contributed by atoms with Crippen LogP contribution in [0.25, 0.3) is 0 Å². The molecular formula is C15H24N4O3. The van der Waals surface area contributed by atoms with Crippen molar-refractivity contribution in [2.24, 2.45) is 0 Å². The molecule has 1 aromatic rings. The molecule has 0 radical (unpaired) electrons. The Bertz CT molecular complexity index is 506. The van der Waals surface area contributed by atoms with Crippen molar-refractivity contribution in [2.45, 2.75) is 47.0 Å². The number of ether oxygens (including phenoxy) is 1. The van der Waals surface area contributed by atoms with Crippen LogP contribution in [0.5, 0.6) is 5.75 Å². The monoisotopic (exact) mass is 308 g/mol. The molecule has 22 heavy (non-hydrogen) atoms. The minimum Gasteiger partial charge on any atom is -0.488 e. The van der Waals surface area contributed by atoms with Crippen LogP contribution in [0.4, 0.5) is 11.8 Å². The molecule has 0 fully saturated rings. The zero-order chi connectivity index (χ0) is 16.5. The first kappa shape index (κ1) is 17.9. The summed E-state index contributed by atoms with van der Waals surface area (Å²) in [5.74, 6) is 0.236. The van der Waals surface area contributed by atoms with E-state index in [1.807, 2.05) is 6.92 Å². The van der Waals surface area contributed by atoms with Crippen LogP contribution in [0, 0.1) is 0 Å². The zero-order valence-corrected chi connectivity index (χ0v) is 13.7. The minimum absolute atomic E-state index is 0.0582. The lowest BCUT2D eigenvalue weighted by molar-refractivity contribution is -0.124. The molecule has 0 aliphatic heterocycles. The summed E-state index contributed by atoms with van der Waals surface area (Å²) in [6, 6.07) is 0. The van der Waals surface area contributed by atoms with Crippen LogP contribution in [0.15, 0.2) is 6.20 Å². The molecule has 7 nitrogen and oxygen atoms in total. The van der Waals surface area contributed by atoms with Crippen molar-refractivity contribution < 1.29 is 14.3 Å². The number of anilines is 2. The van der Waals surface area contributed by atoms with Crippen LogP contribution >= 0.6 is 0 Å². The van der Waals surface area contributed by atoms with E-state index in [0.29, 0.717) is 18.2 Å². The minimum atomic E-state index is -0.422. The van der Waals surface area contributed by atoms with E-state index in [4.69, 9.17) is 4.74 Å². The topological polar surface area (TPSA) is 84.4 Å². The summed E-state index contributed by atoms with van der Waals surface area (Å²) in [5.41, 5.74) is 0. The molecule has 122 valence electrons. The molecule has 1 N–H and O–H groups in total. The highest BCUT2D eigenvalue weighted by molar-refractivity contribution is 6.11. The van der Waals surface area contributed by atoms with Gasteiger partial charge in [-0.05, 0) is 12.8 Å². The van der Waals surface area contributed by atoms with E-state index in [1.54, 1.807) is 0 Å². The summed E-state index contributed by atoms with van der Waals surface area (Å²) in [6.07, 6.45) is 4.38. The average molecular weight is 308 g/mol. The lowest BCUT2D eigenvalue weighted by Crippen LogP contribution is -2.34. The Morgan fingerprint density at radius 1 is 1.23 bits per heavy atom. The molecule has 0 atom stereocenters. The van der Waals surface area contributed by atoms with Crippen molar-refractivity contribution in [1.82, 2.24) is 9.97 Å². The highest BCUT2D eigenvalue weighted by Crippen LogP contribution is 2.24. The highest BCUT2D eigenvalue weighted by Gasteiger charge is 2.21. The molecule has 7 heteroatoms. The number of hydrogen-bond acceptors (Lipinski definition) is 6. The Balaban J connectivity index is 3.07. The molecule has 0 saturated heterocycles. The predicted molar refractivity (Wildman–Crippen MR) is 85.1 cm³/mol. The molecule has 0 aromatic carbocycles. The van der Waals surface area contributed by atoms with Gasteiger partial charge < -0.3 is 10.1 Å². The van der Waals surface area contributed by atoms with Crippen molar-refractivity contribution in [3.63, 3.8) is 0 Å². The first-order valence-electron chi connectivity index (χ1n) is 7.56. The Kier molecular flexibility index (Phi) is 7.28. The maximum Gasteiger partial charge on any atom is 0.241 e. The van der Waals surface area contributed by atoms with E-state index >= 15 is 0 Å². The highest BCUT2D eigenvalue weighted by atomic mass is 16.5. The second kappa shape index (κ2) is 8.96. The fourth-order valence-corrected chi connectivity index (χ4v) is 1.80. The van der Waals surface area contributed by atoms with Crippen LogP contribution in [-0.4, -0.2) is 34.9 Å². The number of carbonyl (C=O) groups excluding carboxylic acids is 2. The van der Waals surface area contributed by atoms with Gasteiger partial charge in [-0.15, -0.1) is 0 Å². The molecular weight excluding hydrogens is 284 g/mol. The van der Waals surface area contributed by atoms with Gasteiger partial charge in [0.15, 0.2) is 11.6 Å². The third kappa shape index (κ3) is 4.98. The number of aromatic nitrogens is 2. The summed E-state index contributed by atoms with van der Waals surface area (Å²) in [4.78, 5) is 32.5. The molecule has 1 heterocycles. The van der Waals surface area contributed by atoms with Crippen LogP contribution in [0.3, 0.4) is 0 Å². The van der Waals surface area contributed by atoms with Crippen LogP contribution in [-0.2, 0) is 9.59 Å². The Morgan fingerprint density at radius 2 is 1.91 bits per heavy atom. The van der Waals surface area contributed by atoms with E-state index < -0.39 is 11.8 Å². The summed E-state index contributed by atoms with van der Waals surface area (Å²) >= 11 is 0. The van der Waals surface area contributed by atoms with Gasteiger partial charge in [-0.1, -0.05) is 20.3 Å². The van der Waals surface area contributed by atoms with E-state index in [-0.39, 0.29) is 5.95 Å². The number of hydrogen-bond donors (Lipinski definition) is 1. The number of unbranched alkanes of at least 4 members (excludes halogenated alkanes) is 1. The molecule has 0 spiro atoms. The Labute approximate surface area is 131 Å². The maximum atomic E-state index is 11.6. The Hall–Kier alpha value is -2.18. The zero-order valence-electron chi connectivity index (χ0n) is 13.7. The Morgan fingerprint density at radius 3 is 2.45 bits per heavy atom. The fraction of sp³-hybridized carbons (Fsp3) is 0.600. The fourth-order valence-electron chi connectivity index (χ4n) is 1.80. The van der Waals surface area contributed by atoms with Gasteiger partial charge in [0, 0.05) is 20.4 Å². The largest absolute Gasteiger partial charge is 0.488 e. The predicted octanol–water partition coefficient (Wildman–Crippen LogP) is 2.38. The summed E-state index contributed by atoms with van der Waals surface area (Å²) < 4.78 is 5.60. The summed E-state index contributed by atoms with van der Waals surface area (Å²) in [5, 5.41) is 3.17. The van der Waals surface area contributed by atoms with Crippen molar-refractivity contribution in [2.75, 3.05) is 23.4 Å². The van der Waals surface area contributed by atoms with E-state index in [0.717, 1.165) is 30.7 Å². The average Bonchev–Trinajstić information content (AvgIpc) is 2.46. The van der Waals surface area contributed by atoms with E-state index in [2.05, 4.69) is 22.2 Å². The van der Waals surface area contributed by atoms with Crippen molar-refractivity contribution in [3.8, 4) is 5.75 Å². The molecule has 0 aliphatic carbocycles. The van der Waals surface area contributed by atoms with Crippen molar-refractivity contribution >= 4 is 23.6 Å². The molecule has 0 bridgehead atoms. The number of nitrogens with one attached hydrogen (secondary N) is 1. The van der Waals surface area contributed by atoms with Crippen LogP contribution < -0.4 is 15.0 Å². The first-order valence-corrected chi connectivity index (χ1v) is 7.56. The number of rotatable bonds is 8. The standard InChI is InChI=1S/C15H24N4O3/c1-5-7-8-16-14-13(22-9-6-2)10-17-15(18-14)19(11(3)20)12(4)21/h10H,5-9H2,1-4H3,(H,16,17,18). The SMILES string of the molecule is CCCCNc1nc(N(C(C)=O)C(C)=O)ncc1OCCC. The van der Waals surface area contributed by atoms with Gasteiger partial charge in [-0.25, -0.2) is 9.88 Å². The normalized spacial score (nSPS) is 10.2. The first-order chi connectivity index (χ1) is 10.5. The van der Waals surface area contributed by atoms with Gasteiger partial charge in [0.2, 0.25) is 17.8 Å². The number of carbonyl (C=O) groups is 2. The van der Waals surface area contributed by atoms with Crippen molar-refractivity contribution in [1.29, 1.82) is 0 Å². The van der Waals surface area contributed by atoms with Gasteiger partial charge in [-0.3, -0.25) is 9.59 Å². The lowest BCUT2D eigenvalue weighted by atomic mass is 10.3. The summed E-state index contributed by atoms with van der Waals surface area (Å²) in [6.45, 7) is 7.98. The number of nitrogens with zero attached hydrogens (tertiary/aromatic N) is 3. The van der Waals surface area contributed by atoms with E-state index in [9.17, 15) is 9.59 Å². The third-order valence-corrected chi connectivity index (χ3v) is 2.86. The van der Waals surface area contributed by atoms with E-state index in [1.165, 1.54) is 20.0 Å². The van der Waals surface area contributed by atoms with Gasteiger partial charge in [-0.2, -0.15) is 4.98 Å². The third-order valence-electron chi connectivity index (χ3n) is 2.86. The van der Waals surface area contributed by atoms with Crippen LogP contribution in [0.2, 0.25) is 0 Å². The van der Waals surface area contributed by atoms with Gasteiger partial charge in [0.25, 0.3) is 0 Å². The smallest absolute Gasteiger partial charge is 0.241 e. The molecule has 1 rings (SSSR count). The van der Waals surface area contributed by atoms with Crippen molar-refractivity contribution in [3.05, 3.63) is 6.20 Å². The molecule has 0 aliphatic rings. The molecule has 2 amide bonds.